The Bertz CT molecular complexity index is 1440. The SMILES string of the molecule is C=CC(=O)NCCCCNC(=O)Cn1cc(-c2ccc3c(c2)N(c2nc4c(s2)C(=O)NC(C)(C)C4)CCO3)cn1. The number of nitrogens with one attached hydrogen (secondary N) is 3. The molecule has 4 heterocycles. The minimum Gasteiger partial charge on any atom is -0.490 e. The Morgan fingerprint density at radius 1 is 1.23 bits per heavy atom. The number of carbonyl (C=O) groups excluding carboxylic acids is 3. The minimum absolute atomic E-state index is 0.0781. The predicted molar refractivity (Wildman–Crippen MR) is 153 cm³/mol. The average molecular weight is 564 g/mol. The molecule has 2 aromatic heterocycles. The number of unbranched alkanes of at least 4 members (excludes halogenated alkanes) is 1. The number of benzene rings is 1. The first-order chi connectivity index (χ1) is 19.2. The molecule has 3 N–H and O–H groups in total. The van der Waals surface area contributed by atoms with Gasteiger partial charge in [-0.1, -0.05) is 24.0 Å². The van der Waals surface area contributed by atoms with E-state index in [1.165, 1.54) is 17.4 Å². The predicted octanol–water partition coefficient (Wildman–Crippen LogP) is 2.80. The highest BCUT2D eigenvalue weighted by Gasteiger charge is 2.34. The van der Waals surface area contributed by atoms with E-state index in [9.17, 15) is 14.4 Å². The van der Waals surface area contributed by atoms with Crippen LogP contribution >= 0.6 is 11.3 Å². The molecule has 40 heavy (non-hydrogen) atoms. The molecule has 3 aromatic rings. The van der Waals surface area contributed by atoms with E-state index in [-0.39, 0.29) is 29.8 Å². The van der Waals surface area contributed by atoms with Crippen molar-refractivity contribution in [3.63, 3.8) is 0 Å². The van der Waals surface area contributed by atoms with E-state index in [1.807, 2.05) is 38.2 Å². The fourth-order valence-corrected chi connectivity index (χ4v) is 5.76. The van der Waals surface area contributed by atoms with Crippen molar-refractivity contribution >= 4 is 39.9 Å². The second-order valence-electron chi connectivity index (χ2n) is 10.4. The summed E-state index contributed by atoms with van der Waals surface area (Å²) in [6, 6.07) is 5.94. The van der Waals surface area contributed by atoms with Crippen molar-refractivity contribution in [2.24, 2.45) is 0 Å². The minimum atomic E-state index is -0.326. The first kappa shape index (κ1) is 27.4. The van der Waals surface area contributed by atoms with E-state index in [2.05, 4.69) is 32.5 Å². The summed E-state index contributed by atoms with van der Waals surface area (Å²) < 4.78 is 7.53. The summed E-state index contributed by atoms with van der Waals surface area (Å²) >= 11 is 1.40. The van der Waals surface area contributed by atoms with Crippen molar-refractivity contribution in [1.82, 2.24) is 30.7 Å². The highest BCUT2D eigenvalue weighted by atomic mass is 32.1. The normalized spacial score (nSPS) is 15.3. The zero-order valence-corrected chi connectivity index (χ0v) is 23.5. The average Bonchev–Trinajstić information content (AvgIpc) is 3.56. The molecule has 0 spiro atoms. The number of amides is 3. The van der Waals surface area contributed by atoms with E-state index in [0.29, 0.717) is 37.5 Å². The Morgan fingerprint density at radius 2 is 2.02 bits per heavy atom. The fourth-order valence-electron chi connectivity index (χ4n) is 4.74. The highest BCUT2D eigenvalue weighted by molar-refractivity contribution is 7.17. The van der Waals surface area contributed by atoms with Crippen molar-refractivity contribution in [3.8, 4) is 16.9 Å². The number of rotatable bonds is 10. The van der Waals surface area contributed by atoms with Gasteiger partial charge in [-0.2, -0.15) is 5.10 Å². The van der Waals surface area contributed by atoms with Gasteiger partial charge in [0.25, 0.3) is 5.91 Å². The number of carbonyl (C=O) groups is 3. The monoisotopic (exact) mass is 563 g/mol. The van der Waals surface area contributed by atoms with Crippen LogP contribution in [0.3, 0.4) is 0 Å². The standard InChI is InChI=1S/C28H33N7O4S/c1-4-23(36)29-9-5-6-10-30-24(37)17-34-16-19(15-31-34)18-7-8-22-21(13-18)35(11-12-39-22)27-32-20-14-28(2,3)33-26(38)25(20)40-27/h4,7-8,13,15-16H,1,5-6,9-12,14,17H2,2-3H3,(H,29,36)(H,30,37)(H,33,38). The lowest BCUT2D eigenvalue weighted by atomic mass is 9.94. The molecule has 210 valence electrons. The zero-order valence-electron chi connectivity index (χ0n) is 22.7. The Balaban J connectivity index is 1.23. The number of thiazole rings is 1. The summed E-state index contributed by atoms with van der Waals surface area (Å²) in [6.45, 7) is 9.73. The summed E-state index contributed by atoms with van der Waals surface area (Å²) in [7, 11) is 0. The van der Waals surface area contributed by atoms with Gasteiger partial charge in [-0.25, -0.2) is 4.98 Å². The van der Waals surface area contributed by atoms with Gasteiger partial charge in [0, 0.05) is 36.8 Å². The molecule has 0 fully saturated rings. The molecule has 11 nitrogen and oxygen atoms in total. The Kier molecular flexibility index (Phi) is 7.88. The molecule has 1 aromatic carbocycles. The van der Waals surface area contributed by atoms with Crippen molar-refractivity contribution in [2.75, 3.05) is 31.1 Å². The maximum absolute atomic E-state index is 12.7. The van der Waals surface area contributed by atoms with Gasteiger partial charge in [-0.15, -0.1) is 0 Å². The Hall–Kier alpha value is -4.19. The second kappa shape index (κ2) is 11.5. The largest absolute Gasteiger partial charge is 0.490 e. The molecule has 0 aliphatic carbocycles. The van der Waals surface area contributed by atoms with Crippen LogP contribution in [0, 0.1) is 0 Å². The summed E-state index contributed by atoms with van der Waals surface area (Å²) in [5, 5.41) is 13.8. The Morgan fingerprint density at radius 3 is 2.83 bits per heavy atom. The van der Waals surface area contributed by atoms with Gasteiger partial charge in [0.05, 0.1) is 24.1 Å². The molecule has 5 rings (SSSR count). The molecule has 0 radical (unpaired) electrons. The molecule has 0 saturated heterocycles. The zero-order chi connectivity index (χ0) is 28.3. The van der Waals surface area contributed by atoms with Crippen LogP contribution < -0.4 is 25.6 Å². The maximum Gasteiger partial charge on any atom is 0.263 e. The van der Waals surface area contributed by atoms with E-state index in [0.717, 1.165) is 46.2 Å². The van der Waals surface area contributed by atoms with Gasteiger partial charge in [-0.05, 0) is 50.5 Å². The van der Waals surface area contributed by atoms with Gasteiger partial charge >= 0.3 is 0 Å². The molecule has 2 aliphatic rings. The van der Waals surface area contributed by atoms with Crippen LogP contribution in [0.1, 0.15) is 42.1 Å². The van der Waals surface area contributed by atoms with Crippen molar-refractivity contribution in [1.29, 1.82) is 0 Å². The molecular formula is C28H33N7O4S. The number of ether oxygens (including phenoxy) is 1. The quantitative estimate of drug-likeness (QED) is 0.255. The molecule has 0 atom stereocenters. The summed E-state index contributed by atoms with van der Waals surface area (Å²) in [4.78, 5) is 43.8. The molecule has 0 bridgehead atoms. The third kappa shape index (κ3) is 6.17. The van der Waals surface area contributed by atoms with E-state index < -0.39 is 0 Å². The number of anilines is 2. The van der Waals surface area contributed by atoms with Crippen LogP contribution in [0.2, 0.25) is 0 Å². The van der Waals surface area contributed by atoms with E-state index >= 15 is 0 Å². The van der Waals surface area contributed by atoms with Crippen LogP contribution in [-0.4, -0.2) is 64.3 Å². The Labute approximate surface area is 236 Å². The van der Waals surface area contributed by atoms with E-state index in [4.69, 9.17) is 9.72 Å². The number of hydrogen-bond donors (Lipinski definition) is 3. The van der Waals surface area contributed by atoms with Crippen LogP contribution in [0.25, 0.3) is 11.1 Å². The van der Waals surface area contributed by atoms with Crippen LogP contribution in [0.15, 0.2) is 43.2 Å². The highest BCUT2D eigenvalue weighted by Crippen LogP contribution is 2.42. The fraction of sp³-hybridized carbons (Fsp3) is 0.393. The molecule has 0 saturated carbocycles. The van der Waals surface area contributed by atoms with Gasteiger partial charge in [0.15, 0.2) is 5.13 Å². The van der Waals surface area contributed by atoms with Crippen LogP contribution in [0.4, 0.5) is 10.8 Å². The number of fused-ring (bicyclic) bond motifs is 2. The summed E-state index contributed by atoms with van der Waals surface area (Å²) in [5.41, 5.74) is 3.19. The first-order valence-corrected chi connectivity index (χ1v) is 14.1. The lowest BCUT2D eigenvalue weighted by molar-refractivity contribution is -0.122. The van der Waals surface area contributed by atoms with Crippen molar-refractivity contribution in [3.05, 3.63) is 53.8 Å². The van der Waals surface area contributed by atoms with Crippen molar-refractivity contribution < 1.29 is 19.1 Å². The summed E-state index contributed by atoms with van der Waals surface area (Å²) in [6.07, 6.45) is 7.02. The third-order valence-electron chi connectivity index (χ3n) is 6.69. The smallest absolute Gasteiger partial charge is 0.263 e. The van der Waals surface area contributed by atoms with E-state index in [1.54, 1.807) is 10.9 Å². The number of hydrogen-bond acceptors (Lipinski definition) is 8. The maximum atomic E-state index is 12.7. The molecule has 3 amide bonds. The lowest BCUT2D eigenvalue weighted by Crippen LogP contribution is -2.48. The molecule has 2 aliphatic heterocycles. The molecule has 12 heteroatoms. The topological polar surface area (TPSA) is 130 Å². The van der Waals surface area contributed by atoms with Crippen LogP contribution in [-0.2, 0) is 22.6 Å². The van der Waals surface area contributed by atoms with Gasteiger partial charge in [-0.3, -0.25) is 19.1 Å². The van der Waals surface area contributed by atoms with Gasteiger partial charge < -0.3 is 25.6 Å². The van der Waals surface area contributed by atoms with Crippen LogP contribution in [0.5, 0.6) is 5.75 Å². The summed E-state index contributed by atoms with van der Waals surface area (Å²) in [5.74, 6) is 0.349. The molecular weight excluding hydrogens is 530 g/mol. The third-order valence-corrected chi connectivity index (χ3v) is 7.81. The van der Waals surface area contributed by atoms with Gasteiger partial charge in [0.1, 0.15) is 23.8 Å². The van der Waals surface area contributed by atoms with Crippen molar-refractivity contribution in [2.45, 2.75) is 45.2 Å². The molecule has 0 unspecified atom stereocenters. The van der Waals surface area contributed by atoms with Gasteiger partial charge in [0.2, 0.25) is 11.8 Å². The number of aromatic nitrogens is 3. The lowest BCUT2D eigenvalue weighted by Gasteiger charge is -2.29. The second-order valence-corrected chi connectivity index (χ2v) is 11.4. The number of nitrogens with zero attached hydrogens (tertiary/aromatic N) is 4. The first-order valence-electron chi connectivity index (χ1n) is 13.3.